The minimum Gasteiger partial charge on any atom is -0.480 e. The summed E-state index contributed by atoms with van der Waals surface area (Å²) >= 11 is 0. The quantitative estimate of drug-likeness (QED) is 0.436. The van der Waals surface area contributed by atoms with Crippen LogP contribution in [0.15, 0.2) is 0 Å². The largest absolute Gasteiger partial charge is 0.480 e. The third-order valence-corrected chi connectivity index (χ3v) is 1.83. The molecule has 0 aliphatic heterocycles. The molecular weight excluding hydrogens is 170 g/mol. The molecule has 0 rings (SSSR count). The highest BCUT2D eigenvalue weighted by Crippen LogP contribution is 2.01. The highest BCUT2D eigenvalue weighted by molar-refractivity contribution is 5.86. The zero-order valence-corrected chi connectivity index (χ0v) is 7.79. The van der Waals surface area contributed by atoms with Crippen LogP contribution in [0.2, 0.25) is 0 Å². The van der Waals surface area contributed by atoms with Gasteiger partial charge in [0.2, 0.25) is 0 Å². The number of nitrogens with one attached hydrogen (secondary N) is 1. The van der Waals surface area contributed by atoms with Crippen LogP contribution in [0.3, 0.4) is 0 Å². The van der Waals surface area contributed by atoms with Crippen molar-refractivity contribution in [1.29, 1.82) is 5.41 Å². The van der Waals surface area contributed by atoms with Crippen molar-refractivity contribution < 1.29 is 9.90 Å². The first-order valence-electron chi connectivity index (χ1n) is 4.26. The first-order chi connectivity index (χ1) is 5.95. The fourth-order valence-electron chi connectivity index (χ4n) is 0.864. The normalized spacial score (nSPS) is 15.0. The lowest BCUT2D eigenvalue weighted by Gasteiger charge is -2.08. The van der Waals surface area contributed by atoms with E-state index in [4.69, 9.17) is 22.0 Å². The van der Waals surface area contributed by atoms with Gasteiger partial charge in [-0.15, -0.1) is 0 Å². The lowest BCUT2D eigenvalue weighted by atomic mass is 10.0. The number of carbonyl (C=O) groups is 1. The summed E-state index contributed by atoms with van der Waals surface area (Å²) in [5.41, 5.74) is 11.2. The topological polar surface area (TPSA) is 113 Å². The molecule has 13 heavy (non-hydrogen) atoms. The molecular formula is C8H17N3O2. The van der Waals surface area contributed by atoms with Crippen molar-refractivity contribution >= 4 is 11.7 Å². The SMILES string of the molecule is CC(N)C(=N)CCC[C@H](N)C(=O)O. The van der Waals surface area contributed by atoms with E-state index in [1.807, 2.05) is 0 Å². The minimum absolute atomic E-state index is 0.249. The molecule has 0 saturated heterocycles. The van der Waals surface area contributed by atoms with Gasteiger partial charge in [0.1, 0.15) is 6.04 Å². The second-order valence-electron chi connectivity index (χ2n) is 3.15. The molecule has 0 saturated carbocycles. The molecule has 0 aliphatic carbocycles. The van der Waals surface area contributed by atoms with Crippen molar-refractivity contribution in [2.45, 2.75) is 38.3 Å². The lowest BCUT2D eigenvalue weighted by molar-refractivity contribution is -0.138. The molecule has 0 spiro atoms. The molecule has 5 nitrogen and oxygen atoms in total. The molecule has 0 aromatic heterocycles. The van der Waals surface area contributed by atoms with Crippen LogP contribution in [0.5, 0.6) is 0 Å². The molecule has 76 valence electrons. The predicted octanol–water partition coefficient (Wildman–Crippen LogP) is -0.0644. The second kappa shape index (κ2) is 5.66. The average molecular weight is 187 g/mol. The van der Waals surface area contributed by atoms with Crippen molar-refractivity contribution in [1.82, 2.24) is 0 Å². The fourth-order valence-corrected chi connectivity index (χ4v) is 0.864. The maximum Gasteiger partial charge on any atom is 0.320 e. The van der Waals surface area contributed by atoms with Gasteiger partial charge in [0, 0.05) is 11.8 Å². The molecule has 0 aromatic carbocycles. The van der Waals surface area contributed by atoms with Crippen molar-refractivity contribution in [3.05, 3.63) is 0 Å². The smallest absolute Gasteiger partial charge is 0.320 e. The van der Waals surface area contributed by atoms with Crippen LogP contribution < -0.4 is 11.5 Å². The number of carboxylic acids is 1. The van der Waals surface area contributed by atoms with Crippen molar-refractivity contribution in [2.75, 3.05) is 0 Å². The molecule has 6 N–H and O–H groups in total. The summed E-state index contributed by atoms with van der Waals surface area (Å²) in [7, 11) is 0. The molecule has 0 aliphatic rings. The second-order valence-corrected chi connectivity index (χ2v) is 3.15. The maximum absolute atomic E-state index is 10.3. The Bertz CT molecular complexity index is 192. The van der Waals surface area contributed by atoms with Crippen molar-refractivity contribution in [3.63, 3.8) is 0 Å². The van der Waals surface area contributed by atoms with E-state index in [2.05, 4.69) is 0 Å². The van der Waals surface area contributed by atoms with E-state index >= 15 is 0 Å². The van der Waals surface area contributed by atoms with Crippen molar-refractivity contribution in [3.8, 4) is 0 Å². The Morgan fingerprint density at radius 1 is 1.54 bits per heavy atom. The number of aliphatic carboxylic acids is 1. The highest BCUT2D eigenvalue weighted by Gasteiger charge is 2.11. The first-order valence-corrected chi connectivity index (χ1v) is 4.26. The van der Waals surface area contributed by atoms with E-state index in [0.717, 1.165) is 0 Å². The Labute approximate surface area is 77.6 Å². The summed E-state index contributed by atoms with van der Waals surface area (Å²) in [6.07, 6.45) is 1.52. The van der Waals surface area contributed by atoms with Gasteiger partial charge in [-0.1, -0.05) is 0 Å². The van der Waals surface area contributed by atoms with Gasteiger partial charge in [-0.25, -0.2) is 0 Å². The molecule has 0 heterocycles. The Hall–Kier alpha value is -0.940. The van der Waals surface area contributed by atoms with E-state index in [9.17, 15) is 4.79 Å². The number of nitrogens with two attached hydrogens (primary N) is 2. The summed E-state index contributed by atoms with van der Waals surface area (Å²) in [6, 6.07) is -1.07. The predicted molar refractivity (Wildman–Crippen MR) is 50.8 cm³/mol. The minimum atomic E-state index is -0.993. The summed E-state index contributed by atoms with van der Waals surface area (Å²) in [5, 5.41) is 15.8. The van der Waals surface area contributed by atoms with E-state index in [0.29, 0.717) is 25.0 Å². The van der Waals surface area contributed by atoms with Gasteiger partial charge in [-0.05, 0) is 26.2 Å². The highest BCUT2D eigenvalue weighted by atomic mass is 16.4. The lowest BCUT2D eigenvalue weighted by Crippen LogP contribution is -2.31. The van der Waals surface area contributed by atoms with Gasteiger partial charge in [0.15, 0.2) is 0 Å². The number of rotatable bonds is 6. The first kappa shape index (κ1) is 12.1. The summed E-state index contributed by atoms with van der Waals surface area (Å²) in [5.74, 6) is -0.993. The van der Waals surface area contributed by atoms with Crippen LogP contribution in [0, 0.1) is 5.41 Å². The van der Waals surface area contributed by atoms with Gasteiger partial charge < -0.3 is 22.0 Å². The fraction of sp³-hybridized carbons (Fsp3) is 0.750. The van der Waals surface area contributed by atoms with Gasteiger partial charge in [-0.3, -0.25) is 4.79 Å². The average Bonchev–Trinajstić information content (AvgIpc) is 2.03. The van der Waals surface area contributed by atoms with Crippen LogP contribution in [0.1, 0.15) is 26.2 Å². The molecule has 2 atom stereocenters. The third-order valence-electron chi connectivity index (χ3n) is 1.83. The summed E-state index contributed by atoms with van der Waals surface area (Å²) < 4.78 is 0. The summed E-state index contributed by atoms with van der Waals surface area (Å²) in [6.45, 7) is 1.74. The maximum atomic E-state index is 10.3. The number of carboxylic acid groups (broad SMARTS) is 1. The number of hydrogen-bond donors (Lipinski definition) is 4. The monoisotopic (exact) mass is 187 g/mol. The van der Waals surface area contributed by atoms with Gasteiger partial charge >= 0.3 is 5.97 Å². The summed E-state index contributed by atoms with van der Waals surface area (Å²) in [4.78, 5) is 10.3. The molecule has 5 heteroatoms. The van der Waals surface area contributed by atoms with E-state index < -0.39 is 12.0 Å². The number of hydrogen-bond acceptors (Lipinski definition) is 4. The molecule has 0 amide bonds. The molecule has 1 unspecified atom stereocenters. The Morgan fingerprint density at radius 3 is 2.46 bits per heavy atom. The van der Waals surface area contributed by atoms with E-state index in [-0.39, 0.29) is 6.04 Å². The molecule has 0 radical (unpaired) electrons. The van der Waals surface area contributed by atoms with Crippen LogP contribution in [0.4, 0.5) is 0 Å². The van der Waals surface area contributed by atoms with Gasteiger partial charge in [0.05, 0.1) is 0 Å². The van der Waals surface area contributed by atoms with Crippen LogP contribution in [-0.4, -0.2) is 28.9 Å². The van der Waals surface area contributed by atoms with Crippen LogP contribution >= 0.6 is 0 Å². The van der Waals surface area contributed by atoms with E-state index in [1.54, 1.807) is 6.92 Å². The zero-order chi connectivity index (χ0) is 10.4. The van der Waals surface area contributed by atoms with Crippen molar-refractivity contribution in [2.24, 2.45) is 11.5 Å². The molecule has 0 bridgehead atoms. The zero-order valence-electron chi connectivity index (χ0n) is 7.79. The Kier molecular flexibility index (Phi) is 5.25. The third kappa shape index (κ3) is 5.32. The van der Waals surface area contributed by atoms with Crippen LogP contribution in [-0.2, 0) is 4.79 Å². The molecule has 0 aromatic rings. The Balaban J connectivity index is 3.56. The molecule has 0 fully saturated rings. The van der Waals surface area contributed by atoms with Crippen LogP contribution in [0.25, 0.3) is 0 Å². The van der Waals surface area contributed by atoms with Gasteiger partial charge in [-0.2, -0.15) is 0 Å². The Morgan fingerprint density at radius 2 is 2.08 bits per heavy atom. The van der Waals surface area contributed by atoms with E-state index in [1.165, 1.54) is 0 Å². The van der Waals surface area contributed by atoms with Gasteiger partial charge in [0.25, 0.3) is 0 Å². The standard InChI is InChI=1S/C8H17N3O2/c1-5(9)6(10)3-2-4-7(11)8(12)13/h5,7,10H,2-4,9,11H2,1H3,(H,12,13)/t5?,7-/m0/s1.